The minimum Gasteiger partial charge on any atom is -0.481 e. The number of likely N-dealkylation sites (tertiary alicyclic amines) is 1. The lowest BCUT2D eigenvalue weighted by Gasteiger charge is -2.31. The fourth-order valence-corrected chi connectivity index (χ4v) is 1.96. The van der Waals surface area contributed by atoms with Gasteiger partial charge in [-0.1, -0.05) is 13.3 Å². The highest BCUT2D eigenvalue weighted by atomic mass is 16.4. The summed E-state index contributed by atoms with van der Waals surface area (Å²) in [5.74, 6) is -0.703. The average molecular weight is 227 g/mol. The van der Waals surface area contributed by atoms with E-state index >= 15 is 0 Å². The van der Waals surface area contributed by atoms with Crippen LogP contribution in [0.5, 0.6) is 0 Å². The third-order valence-electron chi connectivity index (χ3n) is 3.51. The summed E-state index contributed by atoms with van der Waals surface area (Å²) in [6.07, 6.45) is 4.11. The van der Waals surface area contributed by atoms with Crippen molar-refractivity contribution in [2.24, 2.45) is 5.41 Å². The smallest absolute Gasteiger partial charge is 0.311 e. The van der Waals surface area contributed by atoms with E-state index in [-0.39, 0.29) is 5.91 Å². The van der Waals surface area contributed by atoms with Crippen LogP contribution >= 0.6 is 0 Å². The lowest BCUT2D eigenvalue weighted by atomic mass is 9.87. The van der Waals surface area contributed by atoms with Gasteiger partial charge in [-0.3, -0.25) is 9.59 Å². The van der Waals surface area contributed by atoms with Crippen molar-refractivity contribution in [3.8, 4) is 0 Å². The van der Waals surface area contributed by atoms with E-state index in [1.54, 1.807) is 11.8 Å². The molecule has 0 bridgehead atoms. The van der Waals surface area contributed by atoms with Gasteiger partial charge in [0, 0.05) is 19.5 Å². The first-order valence-electron chi connectivity index (χ1n) is 6.01. The van der Waals surface area contributed by atoms with E-state index in [1.165, 1.54) is 0 Å². The van der Waals surface area contributed by atoms with Gasteiger partial charge in [0.25, 0.3) is 0 Å². The number of aliphatic carboxylic acids is 1. The predicted molar refractivity (Wildman–Crippen MR) is 61.1 cm³/mol. The van der Waals surface area contributed by atoms with E-state index < -0.39 is 11.4 Å². The number of carboxylic acids is 1. The van der Waals surface area contributed by atoms with Gasteiger partial charge in [0.15, 0.2) is 0 Å². The van der Waals surface area contributed by atoms with Crippen LogP contribution in [0.1, 0.15) is 46.0 Å². The van der Waals surface area contributed by atoms with Gasteiger partial charge >= 0.3 is 5.97 Å². The van der Waals surface area contributed by atoms with Crippen molar-refractivity contribution >= 4 is 11.9 Å². The Kier molecular flexibility index (Phi) is 4.33. The van der Waals surface area contributed by atoms with Gasteiger partial charge < -0.3 is 10.0 Å². The van der Waals surface area contributed by atoms with Gasteiger partial charge in [-0.05, 0) is 26.2 Å². The zero-order valence-corrected chi connectivity index (χ0v) is 10.2. The first-order valence-corrected chi connectivity index (χ1v) is 6.01. The maximum absolute atomic E-state index is 11.8. The van der Waals surface area contributed by atoms with Crippen LogP contribution in [0.2, 0.25) is 0 Å². The topological polar surface area (TPSA) is 57.6 Å². The van der Waals surface area contributed by atoms with Crippen molar-refractivity contribution in [1.29, 1.82) is 0 Å². The second-order valence-corrected chi connectivity index (χ2v) is 4.85. The third kappa shape index (κ3) is 2.97. The first kappa shape index (κ1) is 13.0. The Labute approximate surface area is 96.6 Å². The Morgan fingerprint density at radius 3 is 2.69 bits per heavy atom. The summed E-state index contributed by atoms with van der Waals surface area (Å²) in [6.45, 7) is 4.63. The molecule has 0 aliphatic carbocycles. The molecule has 1 atom stereocenters. The van der Waals surface area contributed by atoms with Crippen LogP contribution in [0.3, 0.4) is 0 Å². The molecule has 1 fully saturated rings. The van der Waals surface area contributed by atoms with Gasteiger partial charge in [0.1, 0.15) is 0 Å². The molecule has 16 heavy (non-hydrogen) atoms. The highest BCUT2D eigenvalue weighted by molar-refractivity contribution is 5.79. The molecule has 4 nitrogen and oxygen atoms in total. The van der Waals surface area contributed by atoms with Gasteiger partial charge in [-0.2, -0.15) is 0 Å². The molecular weight excluding hydrogens is 206 g/mol. The molecule has 0 aromatic rings. The highest BCUT2D eigenvalue weighted by Gasteiger charge is 2.34. The van der Waals surface area contributed by atoms with Crippen molar-refractivity contribution in [3.05, 3.63) is 0 Å². The van der Waals surface area contributed by atoms with Crippen LogP contribution in [0.4, 0.5) is 0 Å². The molecule has 1 aliphatic heterocycles. The first-order chi connectivity index (χ1) is 7.49. The zero-order chi connectivity index (χ0) is 12.2. The molecule has 0 aromatic carbocycles. The Bertz CT molecular complexity index is 277. The minimum absolute atomic E-state index is 0.110. The molecule has 1 aliphatic rings. The number of carboxylic acid groups (broad SMARTS) is 1. The number of hydrogen-bond donors (Lipinski definition) is 1. The molecule has 0 aromatic heterocycles. The van der Waals surface area contributed by atoms with Crippen LogP contribution in [-0.2, 0) is 9.59 Å². The average Bonchev–Trinajstić information content (AvgIpc) is 2.44. The number of nitrogens with zero attached hydrogens (tertiary/aromatic N) is 1. The van der Waals surface area contributed by atoms with Crippen LogP contribution < -0.4 is 0 Å². The quantitative estimate of drug-likeness (QED) is 0.798. The van der Waals surface area contributed by atoms with Gasteiger partial charge in [0.05, 0.1) is 5.41 Å². The number of rotatable bonds is 4. The Hall–Kier alpha value is -1.06. The standard InChI is InChI=1S/C12H21NO3/c1-3-12(2,11(15)16)9-13-8-6-4-5-7-10(13)14/h3-9H2,1-2H3,(H,15,16). The molecule has 1 rings (SSSR count). The second kappa shape index (κ2) is 5.32. The van der Waals surface area contributed by atoms with Crippen molar-refractivity contribution in [1.82, 2.24) is 4.90 Å². The van der Waals surface area contributed by atoms with Crippen molar-refractivity contribution in [2.75, 3.05) is 13.1 Å². The molecule has 1 amide bonds. The summed E-state index contributed by atoms with van der Waals surface area (Å²) in [5.41, 5.74) is -0.806. The predicted octanol–water partition coefficient (Wildman–Crippen LogP) is 1.89. The Balaban J connectivity index is 2.69. The molecular formula is C12H21NO3. The maximum atomic E-state index is 11.8. The molecule has 1 saturated heterocycles. The summed E-state index contributed by atoms with van der Waals surface area (Å²) in [5, 5.41) is 9.18. The molecule has 0 spiro atoms. The molecule has 0 radical (unpaired) electrons. The number of carbonyl (C=O) groups is 2. The normalized spacial score (nSPS) is 21.4. The molecule has 1 unspecified atom stereocenters. The SMILES string of the molecule is CCC(C)(CN1CCCCCC1=O)C(=O)O. The van der Waals surface area contributed by atoms with E-state index in [4.69, 9.17) is 0 Å². The third-order valence-corrected chi connectivity index (χ3v) is 3.51. The summed E-state index contributed by atoms with van der Waals surface area (Å²) in [6, 6.07) is 0. The fourth-order valence-electron chi connectivity index (χ4n) is 1.96. The van der Waals surface area contributed by atoms with E-state index in [9.17, 15) is 14.7 Å². The lowest BCUT2D eigenvalue weighted by molar-refractivity contribution is -0.150. The number of hydrogen-bond acceptors (Lipinski definition) is 2. The van der Waals surface area contributed by atoms with E-state index in [1.807, 2.05) is 6.92 Å². The van der Waals surface area contributed by atoms with Crippen molar-refractivity contribution in [2.45, 2.75) is 46.0 Å². The number of amides is 1. The zero-order valence-electron chi connectivity index (χ0n) is 10.2. The second-order valence-electron chi connectivity index (χ2n) is 4.85. The summed E-state index contributed by atoms with van der Waals surface area (Å²) in [4.78, 5) is 24.7. The van der Waals surface area contributed by atoms with Crippen LogP contribution in [0.15, 0.2) is 0 Å². The minimum atomic E-state index is -0.813. The Morgan fingerprint density at radius 1 is 1.44 bits per heavy atom. The maximum Gasteiger partial charge on any atom is 0.311 e. The van der Waals surface area contributed by atoms with Crippen LogP contribution in [0, 0.1) is 5.41 Å². The van der Waals surface area contributed by atoms with E-state index in [0.29, 0.717) is 25.9 Å². The van der Waals surface area contributed by atoms with Gasteiger partial charge in [-0.25, -0.2) is 0 Å². The van der Waals surface area contributed by atoms with Gasteiger partial charge in [0.2, 0.25) is 5.91 Å². The van der Waals surface area contributed by atoms with Crippen LogP contribution in [0.25, 0.3) is 0 Å². The molecule has 0 saturated carbocycles. The van der Waals surface area contributed by atoms with E-state index in [0.717, 1.165) is 19.3 Å². The van der Waals surface area contributed by atoms with Crippen molar-refractivity contribution in [3.63, 3.8) is 0 Å². The molecule has 1 heterocycles. The van der Waals surface area contributed by atoms with E-state index in [2.05, 4.69) is 0 Å². The highest BCUT2D eigenvalue weighted by Crippen LogP contribution is 2.24. The van der Waals surface area contributed by atoms with Gasteiger partial charge in [-0.15, -0.1) is 0 Å². The lowest BCUT2D eigenvalue weighted by Crippen LogP contribution is -2.43. The number of carbonyl (C=O) groups excluding carboxylic acids is 1. The summed E-state index contributed by atoms with van der Waals surface area (Å²) < 4.78 is 0. The summed E-state index contributed by atoms with van der Waals surface area (Å²) in [7, 11) is 0. The van der Waals surface area contributed by atoms with Crippen molar-refractivity contribution < 1.29 is 14.7 Å². The molecule has 1 N–H and O–H groups in total. The molecule has 92 valence electrons. The fraction of sp³-hybridized carbons (Fsp3) is 0.833. The summed E-state index contributed by atoms with van der Waals surface area (Å²) >= 11 is 0. The van der Waals surface area contributed by atoms with Crippen LogP contribution in [-0.4, -0.2) is 35.0 Å². The largest absolute Gasteiger partial charge is 0.481 e. The Morgan fingerprint density at radius 2 is 2.12 bits per heavy atom. The monoisotopic (exact) mass is 227 g/mol. The molecule has 4 heteroatoms.